The van der Waals surface area contributed by atoms with Crippen molar-refractivity contribution in [1.82, 2.24) is 24.4 Å². The standard InChI is InChI=1S/C27H28F3N5O4/c1-16-13-33(22(14-36)19-8-11-39-15-19)9-10-34(16)26(37)21-12-31-35-24(27(28,29)30)17(2)23(32-25(21)35)18-4-6-20(38-3)7-5-18/h4-8,11-12,15-16,22,36H,9-10,13-14H2,1-3H3/t16-,22?/m1/s1. The van der Waals surface area contributed by atoms with Gasteiger partial charge in [-0.15, -0.1) is 0 Å². The second kappa shape index (κ2) is 10.3. The molecule has 1 saturated heterocycles. The molecule has 0 saturated carbocycles. The van der Waals surface area contributed by atoms with Crippen LogP contribution in [0, 0.1) is 6.92 Å². The van der Waals surface area contributed by atoms with Crippen LogP contribution in [-0.4, -0.2) is 74.8 Å². The van der Waals surface area contributed by atoms with Crippen molar-refractivity contribution < 1.29 is 32.2 Å². The van der Waals surface area contributed by atoms with Gasteiger partial charge in [0.05, 0.1) is 44.2 Å². The van der Waals surface area contributed by atoms with E-state index < -0.39 is 17.8 Å². The van der Waals surface area contributed by atoms with E-state index in [1.807, 2.05) is 6.92 Å². The first-order valence-corrected chi connectivity index (χ1v) is 12.4. The molecule has 2 atom stereocenters. The molecule has 1 amide bonds. The summed E-state index contributed by atoms with van der Waals surface area (Å²) in [6, 6.07) is 7.75. The van der Waals surface area contributed by atoms with Gasteiger partial charge in [-0.25, -0.2) is 9.50 Å². The molecule has 4 aromatic rings. The molecular formula is C27H28F3N5O4. The normalized spacial score (nSPS) is 17.5. The Kier molecular flexibility index (Phi) is 7.08. The summed E-state index contributed by atoms with van der Waals surface area (Å²) in [6.45, 7) is 4.32. The third-order valence-corrected chi connectivity index (χ3v) is 7.21. The van der Waals surface area contributed by atoms with E-state index in [0.29, 0.717) is 35.5 Å². The Labute approximate surface area is 222 Å². The van der Waals surface area contributed by atoms with E-state index in [4.69, 9.17) is 9.15 Å². The lowest BCUT2D eigenvalue weighted by molar-refractivity contribution is -0.143. The van der Waals surface area contributed by atoms with Crippen molar-refractivity contribution in [2.45, 2.75) is 32.1 Å². The Morgan fingerprint density at radius 1 is 1.23 bits per heavy atom. The molecule has 12 heteroatoms. The van der Waals surface area contributed by atoms with Gasteiger partial charge < -0.3 is 19.2 Å². The number of ether oxygens (including phenoxy) is 1. The lowest BCUT2D eigenvalue weighted by Gasteiger charge is -2.42. The number of halogens is 3. The zero-order chi connectivity index (χ0) is 27.9. The number of hydrogen-bond acceptors (Lipinski definition) is 7. The molecule has 39 heavy (non-hydrogen) atoms. The van der Waals surface area contributed by atoms with Crippen LogP contribution in [0.15, 0.2) is 53.5 Å². The Balaban J connectivity index is 1.50. The molecule has 1 N–H and O–H groups in total. The number of piperazine rings is 1. The maximum absolute atomic E-state index is 14.3. The number of aromatic nitrogens is 3. The molecule has 1 aromatic carbocycles. The first-order valence-electron chi connectivity index (χ1n) is 12.4. The van der Waals surface area contributed by atoms with Gasteiger partial charge >= 0.3 is 6.18 Å². The number of rotatable bonds is 6. The molecule has 206 valence electrons. The number of methoxy groups -OCH3 is 1. The second-order valence-corrected chi connectivity index (χ2v) is 9.55. The predicted octanol–water partition coefficient (Wildman–Crippen LogP) is 4.21. The van der Waals surface area contributed by atoms with Gasteiger partial charge in [0.1, 0.15) is 11.3 Å². The molecule has 1 fully saturated rings. The number of benzene rings is 1. The summed E-state index contributed by atoms with van der Waals surface area (Å²) in [6.07, 6.45) is -0.465. The van der Waals surface area contributed by atoms with Crippen LogP contribution in [-0.2, 0) is 6.18 Å². The highest BCUT2D eigenvalue weighted by atomic mass is 19.4. The summed E-state index contributed by atoms with van der Waals surface area (Å²) in [5, 5.41) is 13.9. The molecule has 0 aliphatic carbocycles. The Hall–Kier alpha value is -3.90. The minimum absolute atomic E-state index is 0.0101. The number of nitrogens with zero attached hydrogens (tertiary/aromatic N) is 5. The molecular weight excluding hydrogens is 515 g/mol. The molecule has 0 spiro atoms. The third kappa shape index (κ3) is 4.85. The van der Waals surface area contributed by atoms with E-state index in [1.54, 1.807) is 41.5 Å². The number of aliphatic hydroxyl groups is 1. The summed E-state index contributed by atoms with van der Waals surface area (Å²) >= 11 is 0. The van der Waals surface area contributed by atoms with Gasteiger partial charge in [0.2, 0.25) is 0 Å². The smallest absolute Gasteiger partial charge is 0.433 e. The molecule has 9 nitrogen and oxygen atoms in total. The number of alkyl halides is 3. The van der Waals surface area contributed by atoms with Gasteiger partial charge in [0.25, 0.3) is 5.91 Å². The van der Waals surface area contributed by atoms with E-state index in [1.165, 1.54) is 20.3 Å². The summed E-state index contributed by atoms with van der Waals surface area (Å²) in [4.78, 5) is 21.9. The van der Waals surface area contributed by atoms with Crippen LogP contribution in [0.3, 0.4) is 0 Å². The molecule has 1 unspecified atom stereocenters. The van der Waals surface area contributed by atoms with Gasteiger partial charge in [-0.05, 0) is 44.2 Å². The zero-order valence-electron chi connectivity index (χ0n) is 21.6. The van der Waals surface area contributed by atoms with E-state index in [9.17, 15) is 23.1 Å². The van der Waals surface area contributed by atoms with Crippen LogP contribution in [0.5, 0.6) is 5.75 Å². The summed E-state index contributed by atoms with van der Waals surface area (Å²) in [5.41, 5.74) is 0.138. The number of fused-ring (bicyclic) bond motifs is 1. The number of aliphatic hydroxyl groups excluding tert-OH is 1. The van der Waals surface area contributed by atoms with Crippen molar-refractivity contribution in [1.29, 1.82) is 0 Å². The van der Waals surface area contributed by atoms with Crippen molar-refractivity contribution in [3.63, 3.8) is 0 Å². The first kappa shape index (κ1) is 26.7. The van der Waals surface area contributed by atoms with Crippen LogP contribution in [0.4, 0.5) is 13.2 Å². The fraction of sp³-hybridized carbons (Fsp3) is 0.370. The lowest BCUT2D eigenvalue weighted by Crippen LogP contribution is -2.55. The Morgan fingerprint density at radius 2 is 1.97 bits per heavy atom. The van der Waals surface area contributed by atoms with Crippen LogP contribution in [0.25, 0.3) is 16.9 Å². The average Bonchev–Trinajstić information content (AvgIpc) is 3.58. The molecule has 4 heterocycles. The van der Waals surface area contributed by atoms with Crippen molar-refractivity contribution in [3.8, 4) is 17.0 Å². The molecule has 1 aliphatic heterocycles. The second-order valence-electron chi connectivity index (χ2n) is 9.55. The van der Waals surface area contributed by atoms with E-state index in [-0.39, 0.29) is 41.2 Å². The monoisotopic (exact) mass is 543 g/mol. The van der Waals surface area contributed by atoms with E-state index >= 15 is 0 Å². The number of carbonyl (C=O) groups excluding carboxylic acids is 1. The summed E-state index contributed by atoms with van der Waals surface area (Å²) < 4.78 is 53.8. The van der Waals surface area contributed by atoms with Crippen LogP contribution in [0.2, 0.25) is 0 Å². The quantitative estimate of drug-likeness (QED) is 0.389. The maximum Gasteiger partial charge on any atom is 0.433 e. The van der Waals surface area contributed by atoms with Gasteiger partial charge in [-0.3, -0.25) is 9.69 Å². The summed E-state index contributed by atoms with van der Waals surface area (Å²) in [5.74, 6) is 0.101. The van der Waals surface area contributed by atoms with Gasteiger partial charge in [-0.1, -0.05) is 0 Å². The zero-order valence-corrected chi connectivity index (χ0v) is 21.6. The first-order chi connectivity index (χ1) is 18.6. The number of furan rings is 1. The fourth-order valence-electron chi connectivity index (χ4n) is 5.21. The molecule has 5 rings (SSSR count). The van der Waals surface area contributed by atoms with Crippen molar-refractivity contribution in [2.75, 3.05) is 33.4 Å². The SMILES string of the molecule is COc1ccc(-c2nc3c(C(=O)N4CCN(C(CO)c5ccoc5)C[C@H]4C)cnn3c(C(F)(F)F)c2C)cc1. The number of hydrogen-bond donors (Lipinski definition) is 1. The minimum Gasteiger partial charge on any atom is -0.497 e. The van der Waals surface area contributed by atoms with E-state index in [0.717, 1.165) is 11.8 Å². The van der Waals surface area contributed by atoms with Crippen molar-refractivity contribution >= 4 is 11.6 Å². The van der Waals surface area contributed by atoms with E-state index in [2.05, 4.69) is 15.0 Å². The highest BCUT2D eigenvalue weighted by Crippen LogP contribution is 2.37. The molecule has 0 radical (unpaired) electrons. The van der Waals surface area contributed by atoms with Crippen LogP contribution < -0.4 is 4.74 Å². The maximum atomic E-state index is 14.3. The van der Waals surface area contributed by atoms with Gasteiger partial charge in [-0.2, -0.15) is 18.3 Å². The van der Waals surface area contributed by atoms with Crippen LogP contribution >= 0.6 is 0 Å². The highest BCUT2D eigenvalue weighted by molar-refractivity contribution is 6.00. The predicted molar refractivity (Wildman–Crippen MR) is 135 cm³/mol. The Bertz CT molecular complexity index is 1470. The third-order valence-electron chi connectivity index (χ3n) is 7.21. The molecule has 3 aromatic heterocycles. The van der Waals surface area contributed by atoms with Gasteiger partial charge in [0, 0.05) is 42.4 Å². The number of amides is 1. The van der Waals surface area contributed by atoms with Crippen molar-refractivity contribution in [2.24, 2.45) is 0 Å². The Morgan fingerprint density at radius 3 is 2.56 bits per heavy atom. The molecule has 1 aliphatic rings. The van der Waals surface area contributed by atoms with Crippen LogP contribution in [0.1, 0.15) is 40.1 Å². The largest absolute Gasteiger partial charge is 0.497 e. The van der Waals surface area contributed by atoms with Gasteiger partial charge in [0.15, 0.2) is 11.3 Å². The summed E-state index contributed by atoms with van der Waals surface area (Å²) in [7, 11) is 1.50. The highest BCUT2D eigenvalue weighted by Gasteiger charge is 2.39. The minimum atomic E-state index is -4.73. The van der Waals surface area contributed by atoms with Crippen molar-refractivity contribution in [3.05, 3.63) is 71.4 Å². The number of carbonyl (C=O) groups is 1. The average molecular weight is 544 g/mol. The molecule has 0 bridgehead atoms. The lowest BCUT2D eigenvalue weighted by atomic mass is 10.0. The topological polar surface area (TPSA) is 96.3 Å². The fourth-order valence-corrected chi connectivity index (χ4v) is 5.21.